The van der Waals surface area contributed by atoms with E-state index in [1.807, 2.05) is 19.9 Å². The number of rotatable bonds is 4. The van der Waals surface area contributed by atoms with Crippen molar-refractivity contribution in [3.63, 3.8) is 0 Å². The van der Waals surface area contributed by atoms with Gasteiger partial charge in [-0.2, -0.15) is 0 Å². The van der Waals surface area contributed by atoms with Crippen molar-refractivity contribution in [3.05, 3.63) is 34.2 Å². The van der Waals surface area contributed by atoms with Gasteiger partial charge in [-0.05, 0) is 23.1 Å². The number of aliphatic hydroxyl groups is 1. The van der Waals surface area contributed by atoms with E-state index in [2.05, 4.69) is 15.5 Å². The largest absolute Gasteiger partial charge is 0.394 e. The molecule has 2 aliphatic carbocycles. The summed E-state index contributed by atoms with van der Waals surface area (Å²) in [6.45, 7) is 3.84. The SMILES string of the molecule is CC(C)[C@@H](CO)NC(=O)C1=C2C=C3CC3=C2N=N1. The summed E-state index contributed by atoms with van der Waals surface area (Å²) in [4.78, 5) is 12.1. The van der Waals surface area contributed by atoms with Crippen LogP contribution in [0.4, 0.5) is 0 Å². The highest BCUT2D eigenvalue weighted by Gasteiger charge is 2.38. The molecule has 0 aromatic carbocycles. The van der Waals surface area contributed by atoms with Crippen molar-refractivity contribution in [1.82, 2.24) is 5.32 Å². The third-order valence-corrected chi connectivity index (χ3v) is 3.53. The van der Waals surface area contributed by atoms with Gasteiger partial charge in [-0.1, -0.05) is 13.8 Å². The van der Waals surface area contributed by atoms with Gasteiger partial charge < -0.3 is 10.4 Å². The minimum atomic E-state index is -0.254. The Hall–Kier alpha value is -1.75. The van der Waals surface area contributed by atoms with E-state index in [1.54, 1.807) is 0 Å². The number of hydrogen-bond donors (Lipinski definition) is 2. The molecule has 0 aromatic rings. The number of amides is 1. The van der Waals surface area contributed by atoms with E-state index >= 15 is 0 Å². The number of aliphatic hydroxyl groups excluding tert-OH is 1. The lowest BCUT2D eigenvalue weighted by Gasteiger charge is -2.19. The number of fused-ring (bicyclic) bond motifs is 2. The van der Waals surface area contributed by atoms with Gasteiger partial charge in [0, 0.05) is 12.0 Å². The lowest BCUT2D eigenvalue weighted by atomic mass is 10.0. The highest BCUT2D eigenvalue weighted by atomic mass is 16.3. The van der Waals surface area contributed by atoms with E-state index in [9.17, 15) is 9.90 Å². The average Bonchev–Trinajstić information content (AvgIpc) is 2.83. The Morgan fingerprint density at radius 2 is 2.28 bits per heavy atom. The molecule has 1 fully saturated rings. The second-order valence-corrected chi connectivity index (χ2v) is 5.14. The van der Waals surface area contributed by atoms with Gasteiger partial charge in [0.05, 0.1) is 18.3 Å². The zero-order chi connectivity index (χ0) is 12.9. The molecule has 1 aliphatic heterocycles. The third-order valence-electron chi connectivity index (χ3n) is 3.53. The van der Waals surface area contributed by atoms with Crippen LogP contribution in [0.5, 0.6) is 0 Å². The van der Waals surface area contributed by atoms with Crippen LogP contribution in [0.25, 0.3) is 0 Å². The molecule has 94 valence electrons. The molecule has 3 aliphatic rings. The molecule has 0 spiro atoms. The Kier molecular flexibility index (Phi) is 2.45. The fourth-order valence-electron chi connectivity index (χ4n) is 2.20. The maximum absolute atomic E-state index is 12.1. The van der Waals surface area contributed by atoms with Gasteiger partial charge in [-0.3, -0.25) is 4.79 Å². The maximum atomic E-state index is 12.1. The Labute approximate surface area is 105 Å². The van der Waals surface area contributed by atoms with E-state index in [4.69, 9.17) is 0 Å². The van der Waals surface area contributed by atoms with Crippen molar-refractivity contribution in [2.24, 2.45) is 16.1 Å². The number of carbonyl (C=O) groups excluding carboxylic acids is 1. The monoisotopic (exact) mass is 245 g/mol. The van der Waals surface area contributed by atoms with Crippen LogP contribution in [0, 0.1) is 5.92 Å². The minimum Gasteiger partial charge on any atom is -0.394 e. The highest BCUT2D eigenvalue weighted by molar-refractivity contribution is 5.97. The summed E-state index contributed by atoms with van der Waals surface area (Å²) in [5, 5.41) is 20.0. The van der Waals surface area contributed by atoms with Crippen LogP contribution in [0.1, 0.15) is 20.3 Å². The summed E-state index contributed by atoms with van der Waals surface area (Å²) >= 11 is 0. The minimum absolute atomic E-state index is 0.0712. The van der Waals surface area contributed by atoms with E-state index in [0.717, 1.165) is 17.7 Å². The Morgan fingerprint density at radius 1 is 1.50 bits per heavy atom. The molecular weight excluding hydrogens is 230 g/mol. The summed E-state index contributed by atoms with van der Waals surface area (Å²) in [6, 6.07) is -0.249. The van der Waals surface area contributed by atoms with Gasteiger partial charge in [-0.15, -0.1) is 10.2 Å². The number of nitrogens with zero attached hydrogens (tertiary/aromatic N) is 2. The molecule has 1 saturated carbocycles. The number of hydrogen-bond acceptors (Lipinski definition) is 4. The molecule has 0 bridgehead atoms. The summed E-state index contributed by atoms with van der Waals surface area (Å²) in [5.41, 5.74) is 4.56. The summed E-state index contributed by atoms with van der Waals surface area (Å²) in [6.07, 6.45) is 2.97. The fraction of sp³-hybridized carbons (Fsp3) is 0.462. The standard InChI is InChI=1S/C13H15N3O2/c1-6(2)10(5-17)14-13(18)12-9-4-7-3-8(7)11(9)15-16-12/h4,6,10,17H,3,5H2,1-2H3,(H,14,18)/t10-/m1/s1. The van der Waals surface area contributed by atoms with Crippen molar-refractivity contribution >= 4 is 5.91 Å². The third kappa shape index (κ3) is 1.62. The predicted octanol–water partition coefficient (Wildman–Crippen LogP) is 1.44. The van der Waals surface area contributed by atoms with Crippen LogP contribution in [0.2, 0.25) is 0 Å². The molecule has 0 unspecified atom stereocenters. The molecule has 1 amide bonds. The van der Waals surface area contributed by atoms with E-state index in [1.165, 1.54) is 11.1 Å². The highest BCUT2D eigenvalue weighted by Crippen LogP contribution is 2.51. The summed E-state index contributed by atoms with van der Waals surface area (Å²) in [5.74, 6) is -0.0775. The second-order valence-electron chi connectivity index (χ2n) is 5.14. The molecule has 1 atom stereocenters. The lowest BCUT2D eigenvalue weighted by molar-refractivity contribution is -0.118. The van der Waals surface area contributed by atoms with Gasteiger partial charge in [0.25, 0.3) is 5.91 Å². The zero-order valence-corrected chi connectivity index (χ0v) is 10.4. The van der Waals surface area contributed by atoms with E-state index in [0.29, 0.717) is 5.70 Å². The Balaban J connectivity index is 1.79. The number of allylic oxidation sites excluding steroid dienone is 3. The second kappa shape index (κ2) is 3.88. The smallest absolute Gasteiger partial charge is 0.272 e. The molecule has 5 heteroatoms. The molecule has 0 aromatic heterocycles. The van der Waals surface area contributed by atoms with Crippen molar-refractivity contribution in [2.75, 3.05) is 6.61 Å². The first kappa shape index (κ1) is 11.3. The van der Waals surface area contributed by atoms with Crippen LogP contribution in [0.3, 0.4) is 0 Å². The van der Waals surface area contributed by atoms with Gasteiger partial charge in [0.2, 0.25) is 0 Å². The number of nitrogens with one attached hydrogen (secondary N) is 1. The lowest BCUT2D eigenvalue weighted by Crippen LogP contribution is -2.41. The number of azo groups is 1. The molecule has 0 saturated heterocycles. The maximum Gasteiger partial charge on any atom is 0.272 e. The molecule has 3 rings (SSSR count). The Bertz CT molecular complexity index is 553. The first-order valence-corrected chi connectivity index (χ1v) is 6.14. The first-order chi connectivity index (χ1) is 8.61. The predicted molar refractivity (Wildman–Crippen MR) is 65.5 cm³/mol. The molecule has 5 nitrogen and oxygen atoms in total. The molecule has 1 heterocycles. The number of carbonyl (C=O) groups is 1. The van der Waals surface area contributed by atoms with Crippen LogP contribution < -0.4 is 5.32 Å². The van der Waals surface area contributed by atoms with Crippen molar-refractivity contribution in [2.45, 2.75) is 26.3 Å². The molecule has 2 N–H and O–H groups in total. The van der Waals surface area contributed by atoms with Crippen LogP contribution in [-0.2, 0) is 4.79 Å². The Morgan fingerprint density at radius 3 is 2.94 bits per heavy atom. The fourth-order valence-corrected chi connectivity index (χ4v) is 2.20. The zero-order valence-electron chi connectivity index (χ0n) is 10.4. The topological polar surface area (TPSA) is 74.0 Å². The van der Waals surface area contributed by atoms with Gasteiger partial charge >= 0.3 is 0 Å². The van der Waals surface area contributed by atoms with Crippen molar-refractivity contribution in [3.8, 4) is 0 Å². The van der Waals surface area contributed by atoms with E-state index < -0.39 is 0 Å². The normalized spacial score (nSPS) is 21.2. The van der Waals surface area contributed by atoms with Gasteiger partial charge in [0.15, 0.2) is 5.70 Å². The molecular formula is C13H15N3O2. The summed E-state index contributed by atoms with van der Waals surface area (Å²) < 4.78 is 0. The average molecular weight is 245 g/mol. The van der Waals surface area contributed by atoms with Crippen molar-refractivity contribution in [1.29, 1.82) is 0 Å². The van der Waals surface area contributed by atoms with Crippen LogP contribution >= 0.6 is 0 Å². The van der Waals surface area contributed by atoms with Crippen molar-refractivity contribution < 1.29 is 9.90 Å². The summed E-state index contributed by atoms with van der Waals surface area (Å²) in [7, 11) is 0. The van der Waals surface area contributed by atoms with Gasteiger partial charge in [-0.25, -0.2) is 0 Å². The molecule has 0 radical (unpaired) electrons. The first-order valence-electron chi connectivity index (χ1n) is 6.14. The molecule has 18 heavy (non-hydrogen) atoms. The van der Waals surface area contributed by atoms with Gasteiger partial charge in [0.1, 0.15) is 0 Å². The van der Waals surface area contributed by atoms with Crippen LogP contribution in [0.15, 0.2) is 44.4 Å². The van der Waals surface area contributed by atoms with Crippen LogP contribution in [-0.4, -0.2) is 23.7 Å². The van der Waals surface area contributed by atoms with E-state index in [-0.39, 0.29) is 24.5 Å². The quantitative estimate of drug-likeness (QED) is 0.786.